The number of imidazole rings is 1. The van der Waals surface area contributed by atoms with E-state index in [1.54, 1.807) is 18.4 Å². The molecule has 0 unspecified atom stereocenters. The fourth-order valence-electron chi connectivity index (χ4n) is 2.32. The smallest absolute Gasteiger partial charge is 0.237 e. The molecular weight excluding hydrogens is 350 g/mol. The molecule has 0 spiro atoms. The van der Waals surface area contributed by atoms with Gasteiger partial charge in [-0.15, -0.1) is 11.3 Å². The van der Waals surface area contributed by atoms with Gasteiger partial charge in [-0.05, 0) is 18.6 Å². The molecule has 0 fully saturated rings. The maximum Gasteiger partial charge on any atom is 0.237 e. The van der Waals surface area contributed by atoms with Crippen molar-refractivity contribution >= 4 is 32.2 Å². The quantitative estimate of drug-likeness (QED) is 0.741. The third kappa shape index (κ3) is 2.84. The summed E-state index contributed by atoms with van der Waals surface area (Å²) >= 11 is 5.20. The van der Waals surface area contributed by atoms with Gasteiger partial charge in [0.15, 0.2) is 4.96 Å². The van der Waals surface area contributed by atoms with E-state index in [0.717, 1.165) is 15.1 Å². The van der Waals surface area contributed by atoms with Crippen molar-refractivity contribution < 1.29 is 4.74 Å². The molecule has 3 rings (SSSR count). The number of benzene rings is 1. The average molecular weight is 366 g/mol. The Labute approximate surface area is 135 Å². The summed E-state index contributed by atoms with van der Waals surface area (Å²) in [5.74, 6) is 0.689. The van der Waals surface area contributed by atoms with Crippen LogP contribution in [0.15, 0.2) is 40.3 Å². The Morgan fingerprint density at radius 1 is 1.43 bits per heavy atom. The lowest BCUT2D eigenvalue weighted by Crippen LogP contribution is -2.19. The van der Waals surface area contributed by atoms with Crippen LogP contribution in [0.2, 0.25) is 0 Å². The summed E-state index contributed by atoms with van der Waals surface area (Å²) in [7, 11) is 1.66. The Morgan fingerprint density at radius 3 is 3.00 bits per heavy atom. The number of rotatable bonds is 5. The van der Waals surface area contributed by atoms with Crippen LogP contribution >= 0.6 is 27.3 Å². The van der Waals surface area contributed by atoms with E-state index < -0.39 is 0 Å². The maximum absolute atomic E-state index is 5.38. The normalized spacial score (nSPS) is 12.7. The van der Waals surface area contributed by atoms with Crippen LogP contribution in [-0.4, -0.2) is 16.5 Å². The molecule has 0 bridgehead atoms. The van der Waals surface area contributed by atoms with Crippen molar-refractivity contribution in [3.05, 3.63) is 51.6 Å². The molecule has 110 valence electrons. The molecule has 4 nitrogen and oxygen atoms in total. The van der Waals surface area contributed by atoms with E-state index in [9.17, 15) is 0 Å². The molecule has 6 heteroatoms. The number of hydrogen-bond donors (Lipinski definition) is 1. The first-order valence-electron chi connectivity index (χ1n) is 6.67. The summed E-state index contributed by atoms with van der Waals surface area (Å²) in [5, 5.41) is 5.56. The summed E-state index contributed by atoms with van der Waals surface area (Å²) < 4.78 is 8.57. The molecule has 0 aliphatic rings. The van der Waals surface area contributed by atoms with Gasteiger partial charge >= 0.3 is 0 Å². The lowest BCUT2D eigenvalue weighted by molar-refractivity contribution is 0.391. The fourth-order valence-corrected chi connectivity index (χ4v) is 3.68. The van der Waals surface area contributed by atoms with Crippen molar-refractivity contribution in [3.63, 3.8) is 0 Å². The molecule has 1 N–H and O–H groups in total. The molecule has 2 heterocycles. The number of fused-ring (bicyclic) bond motifs is 1. The van der Waals surface area contributed by atoms with Crippen LogP contribution in [0, 0.1) is 0 Å². The second-order valence-electron chi connectivity index (χ2n) is 4.75. The first-order chi connectivity index (χ1) is 10.2. The third-order valence-corrected chi connectivity index (χ3v) is 4.94. The number of hydrogen-bond acceptors (Lipinski definition) is 4. The minimum Gasteiger partial charge on any atom is -0.480 e. The molecule has 0 aliphatic heterocycles. The molecule has 0 saturated carbocycles. The molecular formula is C15H16BrN3OS. The molecule has 1 aromatic carbocycles. The second kappa shape index (κ2) is 6.17. The Morgan fingerprint density at radius 2 is 2.24 bits per heavy atom. The molecule has 0 radical (unpaired) electrons. The van der Waals surface area contributed by atoms with Gasteiger partial charge in [-0.2, -0.15) is 4.98 Å². The van der Waals surface area contributed by atoms with Crippen LogP contribution in [-0.2, 0) is 6.54 Å². The standard InChI is InChI=1S/C15H16BrN3OS/c1-10(11-5-3-4-6-12(11)16)17-9-13-14(20-2)18-15-19(13)7-8-21-15/h3-8,10,17H,9H2,1-2H3/t10-/m1/s1. The van der Waals surface area contributed by atoms with Gasteiger partial charge in [0.25, 0.3) is 0 Å². The van der Waals surface area contributed by atoms with E-state index in [0.29, 0.717) is 12.4 Å². The fraction of sp³-hybridized carbons (Fsp3) is 0.267. The van der Waals surface area contributed by atoms with Gasteiger partial charge in [0.1, 0.15) is 5.69 Å². The highest BCUT2D eigenvalue weighted by molar-refractivity contribution is 9.10. The zero-order valence-electron chi connectivity index (χ0n) is 11.8. The number of nitrogens with one attached hydrogen (secondary N) is 1. The topological polar surface area (TPSA) is 38.6 Å². The molecule has 1 atom stereocenters. The van der Waals surface area contributed by atoms with Crippen LogP contribution in [0.5, 0.6) is 5.88 Å². The minimum absolute atomic E-state index is 0.231. The molecule has 0 amide bonds. The Bertz CT molecular complexity index is 752. The molecule has 3 aromatic rings. The lowest BCUT2D eigenvalue weighted by atomic mass is 10.1. The second-order valence-corrected chi connectivity index (χ2v) is 6.47. The van der Waals surface area contributed by atoms with E-state index in [4.69, 9.17) is 4.74 Å². The van der Waals surface area contributed by atoms with E-state index in [1.165, 1.54) is 5.56 Å². The van der Waals surface area contributed by atoms with E-state index in [-0.39, 0.29) is 6.04 Å². The first kappa shape index (κ1) is 14.6. The number of thiazole rings is 1. The number of ether oxygens (including phenoxy) is 1. The highest BCUT2D eigenvalue weighted by Gasteiger charge is 2.15. The van der Waals surface area contributed by atoms with Crippen molar-refractivity contribution in [2.24, 2.45) is 0 Å². The van der Waals surface area contributed by atoms with Gasteiger partial charge < -0.3 is 10.1 Å². The summed E-state index contributed by atoms with van der Waals surface area (Å²) in [6.45, 7) is 2.85. The van der Waals surface area contributed by atoms with Crippen molar-refractivity contribution in [2.45, 2.75) is 19.5 Å². The Hall–Kier alpha value is -1.37. The van der Waals surface area contributed by atoms with Gasteiger partial charge in [0.2, 0.25) is 5.88 Å². The van der Waals surface area contributed by atoms with Gasteiger partial charge in [0, 0.05) is 28.6 Å². The highest BCUT2D eigenvalue weighted by Crippen LogP contribution is 2.26. The Balaban J connectivity index is 1.80. The third-order valence-electron chi connectivity index (χ3n) is 3.47. The summed E-state index contributed by atoms with van der Waals surface area (Å²) in [6, 6.07) is 8.48. The van der Waals surface area contributed by atoms with Gasteiger partial charge in [-0.3, -0.25) is 4.40 Å². The van der Waals surface area contributed by atoms with Crippen molar-refractivity contribution in [3.8, 4) is 5.88 Å². The minimum atomic E-state index is 0.231. The van der Waals surface area contributed by atoms with Gasteiger partial charge in [-0.1, -0.05) is 34.1 Å². The van der Waals surface area contributed by atoms with Crippen LogP contribution in [0.4, 0.5) is 0 Å². The number of aromatic nitrogens is 2. The SMILES string of the molecule is COc1nc2sccn2c1CN[C@H](C)c1ccccc1Br. The summed E-state index contributed by atoms with van der Waals surface area (Å²) in [4.78, 5) is 5.43. The molecule has 0 saturated heterocycles. The first-order valence-corrected chi connectivity index (χ1v) is 8.34. The van der Waals surface area contributed by atoms with Crippen LogP contribution in [0.3, 0.4) is 0 Å². The van der Waals surface area contributed by atoms with Crippen LogP contribution in [0.25, 0.3) is 4.96 Å². The van der Waals surface area contributed by atoms with Crippen LogP contribution < -0.4 is 10.1 Å². The maximum atomic E-state index is 5.38. The monoisotopic (exact) mass is 365 g/mol. The Kier molecular flexibility index (Phi) is 4.28. The predicted molar refractivity (Wildman–Crippen MR) is 89.0 cm³/mol. The van der Waals surface area contributed by atoms with Gasteiger partial charge in [0.05, 0.1) is 7.11 Å². The molecule has 21 heavy (non-hydrogen) atoms. The summed E-state index contributed by atoms with van der Waals surface area (Å²) in [6.07, 6.45) is 2.02. The van der Waals surface area contributed by atoms with Crippen molar-refractivity contribution in [2.75, 3.05) is 7.11 Å². The lowest BCUT2D eigenvalue weighted by Gasteiger charge is -2.15. The largest absolute Gasteiger partial charge is 0.480 e. The predicted octanol–water partition coefficient (Wildman–Crippen LogP) is 4.02. The van der Waals surface area contributed by atoms with Crippen LogP contribution in [0.1, 0.15) is 24.2 Å². The zero-order valence-corrected chi connectivity index (χ0v) is 14.2. The zero-order chi connectivity index (χ0) is 14.8. The molecule has 0 aliphatic carbocycles. The summed E-state index contributed by atoms with van der Waals surface area (Å²) in [5.41, 5.74) is 2.29. The number of methoxy groups -OCH3 is 1. The number of halogens is 1. The number of nitrogens with zero attached hydrogens (tertiary/aromatic N) is 2. The van der Waals surface area contributed by atoms with E-state index in [1.807, 2.05) is 17.6 Å². The van der Waals surface area contributed by atoms with Gasteiger partial charge in [-0.25, -0.2) is 0 Å². The van der Waals surface area contributed by atoms with E-state index >= 15 is 0 Å². The van der Waals surface area contributed by atoms with Crippen molar-refractivity contribution in [1.82, 2.24) is 14.7 Å². The molecule has 2 aromatic heterocycles. The average Bonchev–Trinajstić information content (AvgIpc) is 3.06. The van der Waals surface area contributed by atoms with E-state index in [2.05, 4.69) is 55.8 Å². The highest BCUT2D eigenvalue weighted by atomic mass is 79.9. The van der Waals surface area contributed by atoms with Crippen molar-refractivity contribution in [1.29, 1.82) is 0 Å².